The Morgan fingerprint density at radius 1 is 1.24 bits per heavy atom. The minimum absolute atomic E-state index is 1.04. The van der Waals surface area contributed by atoms with E-state index in [0.717, 1.165) is 25.2 Å². The highest BCUT2D eigenvalue weighted by molar-refractivity contribution is 7.98. The standard InChI is InChI=1S/C13H21N3S/c1-17-9-4-2-3-8-14-13-11-6-5-7-12(11)15-10-16-13/h10H,2-9H2,1H3,(H,14,15,16). The number of hydrogen-bond acceptors (Lipinski definition) is 4. The van der Waals surface area contributed by atoms with Crippen LogP contribution in [0, 0.1) is 0 Å². The van der Waals surface area contributed by atoms with Crippen LogP contribution in [0.2, 0.25) is 0 Å². The Balaban J connectivity index is 1.74. The van der Waals surface area contributed by atoms with Crippen molar-refractivity contribution in [2.75, 3.05) is 23.9 Å². The van der Waals surface area contributed by atoms with Crippen molar-refractivity contribution in [1.82, 2.24) is 9.97 Å². The van der Waals surface area contributed by atoms with E-state index in [1.165, 1.54) is 42.7 Å². The lowest BCUT2D eigenvalue weighted by atomic mass is 10.2. The molecule has 0 aliphatic heterocycles. The fraction of sp³-hybridized carbons (Fsp3) is 0.692. The van der Waals surface area contributed by atoms with E-state index in [2.05, 4.69) is 21.5 Å². The molecule has 17 heavy (non-hydrogen) atoms. The van der Waals surface area contributed by atoms with Gasteiger partial charge in [-0.1, -0.05) is 6.42 Å². The molecule has 1 aliphatic rings. The molecule has 0 unspecified atom stereocenters. The van der Waals surface area contributed by atoms with Gasteiger partial charge in [0.15, 0.2) is 0 Å². The van der Waals surface area contributed by atoms with Crippen molar-refractivity contribution in [3.05, 3.63) is 17.6 Å². The van der Waals surface area contributed by atoms with Crippen LogP contribution in [0.25, 0.3) is 0 Å². The smallest absolute Gasteiger partial charge is 0.132 e. The zero-order valence-corrected chi connectivity index (χ0v) is 11.4. The molecule has 0 amide bonds. The van der Waals surface area contributed by atoms with Gasteiger partial charge in [0.1, 0.15) is 12.1 Å². The number of fused-ring (bicyclic) bond motifs is 1. The van der Waals surface area contributed by atoms with Crippen LogP contribution in [0.3, 0.4) is 0 Å². The highest BCUT2D eigenvalue weighted by Crippen LogP contribution is 2.24. The van der Waals surface area contributed by atoms with E-state index in [1.807, 2.05) is 11.8 Å². The van der Waals surface area contributed by atoms with Crippen molar-refractivity contribution in [3.8, 4) is 0 Å². The molecule has 0 spiro atoms. The number of anilines is 1. The van der Waals surface area contributed by atoms with Crippen molar-refractivity contribution in [3.63, 3.8) is 0 Å². The Kier molecular flexibility index (Phi) is 5.10. The van der Waals surface area contributed by atoms with E-state index in [0.29, 0.717) is 0 Å². The van der Waals surface area contributed by atoms with Crippen molar-refractivity contribution < 1.29 is 0 Å². The summed E-state index contributed by atoms with van der Waals surface area (Å²) in [7, 11) is 0. The zero-order valence-electron chi connectivity index (χ0n) is 10.5. The fourth-order valence-electron chi connectivity index (χ4n) is 2.27. The molecular formula is C13H21N3S. The zero-order chi connectivity index (χ0) is 11.9. The van der Waals surface area contributed by atoms with Gasteiger partial charge in [0.2, 0.25) is 0 Å². The van der Waals surface area contributed by atoms with Crippen LogP contribution < -0.4 is 5.32 Å². The molecule has 0 atom stereocenters. The second-order valence-corrected chi connectivity index (χ2v) is 5.47. The largest absolute Gasteiger partial charge is 0.370 e. The molecule has 94 valence electrons. The summed E-state index contributed by atoms with van der Waals surface area (Å²) in [6, 6.07) is 0. The van der Waals surface area contributed by atoms with Gasteiger partial charge in [-0.05, 0) is 44.1 Å². The summed E-state index contributed by atoms with van der Waals surface area (Å²) in [4.78, 5) is 8.69. The van der Waals surface area contributed by atoms with Crippen LogP contribution in [0.15, 0.2) is 6.33 Å². The Morgan fingerprint density at radius 2 is 2.18 bits per heavy atom. The molecule has 1 heterocycles. The second-order valence-electron chi connectivity index (χ2n) is 4.48. The molecule has 0 fully saturated rings. The summed E-state index contributed by atoms with van der Waals surface area (Å²) in [5.74, 6) is 2.36. The molecule has 2 rings (SSSR count). The predicted octanol–water partition coefficient (Wildman–Crippen LogP) is 2.91. The lowest BCUT2D eigenvalue weighted by molar-refractivity contribution is 0.747. The quantitative estimate of drug-likeness (QED) is 0.756. The van der Waals surface area contributed by atoms with Crippen LogP contribution in [0.5, 0.6) is 0 Å². The number of thioether (sulfide) groups is 1. The molecule has 0 bridgehead atoms. The average molecular weight is 251 g/mol. The van der Waals surface area contributed by atoms with Gasteiger partial charge in [0.05, 0.1) is 0 Å². The monoisotopic (exact) mass is 251 g/mol. The van der Waals surface area contributed by atoms with E-state index in [9.17, 15) is 0 Å². The molecule has 0 radical (unpaired) electrons. The summed E-state index contributed by atoms with van der Waals surface area (Å²) in [6.45, 7) is 1.04. The van der Waals surface area contributed by atoms with Gasteiger partial charge < -0.3 is 5.32 Å². The summed E-state index contributed by atoms with van der Waals surface area (Å²) >= 11 is 1.93. The van der Waals surface area contributed by atoms with E-state index in [1.54, 1.807) is 6.33 Å². The molecule has 1 aliphatic carbocycles. The number of nitrogens with one attached hydrogen (secondary N) is 1. The van der Waals surface area contributed by atoms with Crippen molar-refractivity contribution in [2.24, 2.45) is 0 Å². The van der Waals surface area contributed by atoms with E-state index >= 15 is 0 Å². The van der Waals surface area contributed by atoms with Gasteiger partial charge in [-0.2, -0.15) is 11.8 Å². The highest BCUT2D eigenvalue weighted by atomic mass is 32.2. The second kappa shape index (κ2) is 6.84. The minimum Gasteiger partial charge on any atom is -0.370 e. The van der Waals surface area contributed by atoms with Gasteiger partial charge in [0, 0.05) is 17.8 Å². The lowest BCUT2D eigenvalue weighted by Crippen LogP contribution is -2.07. The van der Waals surface area contributed by atoms with Crippen molar-refractivity contribution in [2.45, 2.75) is 38.5 Å². The molecule has 4 heteroatoms. The van der Waals surface area contributed by atoms with Crippen LogP contribution in [-0.4, -0.2) is 28.5 Å². The Hall–Kier alpha value is -0.770. The summed E-state index contributed by atoms with van der Waals surface area (Å²) in [5.41, 5.74) is 2.61. The molecule has 1 aromatic rings. The first-order valence-electron chi connectivity index (χ1n) is 6.47. The number of hydrogen-bond donors (Lipinski definition) is 1. The normalized spacial score (nSPS) is 13.7. The van der Waals surface area contributed by atoms with Crippen LogP contribution in [-0.2, 0) is 12.8 Å². The van der Waals surface area contributed by atoms with Crippen molar-refractivity contribution >= 4 is 17.6 Å². The van der Waals surface area contributed by atoms with Crippen LogP contribution in [0.4, 0.5) is 5.82 Å². The maximum absolute atomic E-state index is 4.36. The maximum Gasteiger partial charge on any atom is 0.132 e. The Bertz CT molecular complexity index is 355. The number of rotatable bonds is 7. The van der Waals surface area contributed by atoms with Gasteiger partial charge >= 0.3 is 0 Å². The third-order valence-corrected chi connectivity index (χ3v) is 3.89. The van der Waals surface area contributed by atoms with Gasteiger partial charge in [-0.3, -0.25) is 0 Å². The molecule has 0 saturated heterocycles. The number of aromatic nitrogens is 2. The van der Waals surface area contributed by atoms with E-state index in [-0.39, 0.29) is 0 Å². The topological polar surface area (TPSA) is 37.8 Å². The molecule has 3 nitrogen and oxygen atoms in total. The Labute approximate surface area is 108 Å². The molecule has 1 aromatic heterocycles. The number of unbranched alkanes of at least 4 members (excludes halogenated alkanes) is 2. The van der Waals surface area contributed by atoms with E-state index < -0.39 is 0 Å². The number of nitrogens with zero attached hydrogens (tertiary/aromatic N) is 2. The maximum atomic E-state index is 4.36. The Morgan fingerprint density at radius 3 is 3.06 bits per heavy atom. The van der Waals surface area contributed by atoms with Crippen LogP contribution in [0.1, 0.15) is 36.9 Å². The predicted molar refractivity (Wildman–Crippen MR) is 74.8 cm³/mol. The molecule has 0 saturated carbocycles. The van der Waals surface area contributed by atoms with Gasteiger partial charge in [0.25, 0.3) is 0 Å². The third kappa shape index (κ3) is 3.60. The first kappa shape index (κ1) is 12.7. The molecular weight excluding hydrogens is 230 g/mol. The lowest BCUT2D eigenvalue weighted by Gasteiger charge is -2.09. The minimum atomic E-state index is 1.04. The van der Waals surface area contributed by atoms with Gasteiger partial charge in [-0.25, -0.2) is 9.97 Å². The summed E-state index contributed by atoms with van der Waals surface area (Å²) in [6.07, 6.45) is 11.2. The number of aryl methyl sites for hydroxylation is 1. The van der Waals surface area contributed by atoms with Crippen LogP contribution >= 0.6 is 11.8 Å². The third-order valence-electron chi connectivity index (χ3n) is 3.19. The molecule has 1 N–H and O–H groups in total. The SMILES string of the molecule is CSCCCCCNc1ncnc2c1CCC2. The first-order chi connectivity index (χ1) is 8.42. The van der Waals surface area contributed by atoms with Crippen molar-refractivity contribution in [1.29, 1.82) is 0 Å². The highest BCUT2D eigenvalue weighted by Gasteiger charge is 2.16. The van der Waals surface area contributed by atoms with Gasteiger partial charge in [-0.15, -0.1) is 0 Å². The molecule has 0 aromatic carbocycles. The average Bonchev–Trinajstić information content (AvgIpc) is 2.82. The summed E-state index contributed by atoms with van der Waals surface area (Å²) < 4.78 is 0. The summed E-state index contributed by atoms with van der Waals surface area (Å²) in [5, 5.41) is 3.46. The van der Waals surface area contributed by atoms with E-state index in [4.69, 9.17) is 0 Å². The fourth-order valence-corrected chi connectivity index (χ4v) is 2.76. The first-order valence-corrected chi connectivity index (χ1v) is 7.87.